The zero-order valence-corrected chi connectivity index (χ0v) is 15.7. The maximum absolute atomic E-state index is 12.5. The van der Waals surface area contributed by atoms with E-state index in [1.54, 1.807) is 0 Å². The molecule has 0 atom stereocenters. The van der Waals surface area contributed by atoms with E-state index in [0.29, 0.717) is 12.6 Å². The minimum Gasteiger partial charge on any atom is -0.423 e. The zero-order chi connectivity index (χ0) is 18.5. The molecular formula is C20H28N4O3. The Balaban J connectivity index is 1.22. The molecule has 0 bridgehead atoms. The number of benzene rings is 1. The summed E-state index contributed by atoms with van der Waals surface area (Å²) in [7, 11) is 0. The molecule has 1 aromatic carbocycles. The number of hydrogen-bond acceptors (Lipinski definition) is 6. The molecule has 2 aliphatic rings. The van der Waals surface area contributed by atoms with Crippen molar-refractivity contribution in [2.24, 2.45) is 5.92 Å². The highest BCUT2D eigenvalue weighted by Crippen LogP contribution is 2.26. The molecule has 2 fully saturated rings. The van der Waals surface area contributed by atoms with E-state index in [9.17, 15) is 4.79 Å². The van der Waals surface area contributed by atoms with Crippen molar-refractivity contribution in [1.82, 2.24) is 15.2 Å². The van der Waals surface area contributed by atoms with Crippen molar-refractivity contribution in [1.29, 1.82) is 0 Å². The highest BCUT2D eigenvalue weighted by atomic mass is 16.5. The van der Waals surface area contributed by atoms with E-state index in [0.717, 1.165) is 76.3 Å². The van der Waals surface area contributed by atoms with Gasteiger partial charge in [0.05, 0.1) is 6.61 Å². The van der Waals surface area contributed by atoms with Gasteiger partial charge in [0, 0.05) is 51.8 Å². The second-order valence-corrected chi connectivity index (χ2v) is 7.32. The van der Waals surface area contributed by atoms with Crippen LogP contribution in [0.5, 0.6) is 0 Å². The molecule has 0 unspecified atom stereocenters. The highest BCUT2D eigenvalue weighted by molar-refractivity contribution is 5.79. The quantitative estimate of drug-likeness (QED) is 0.864. The van der Waals surface area contributed by atoms with Crippen LogP contribution in [0.3, 0.4) is 0 Å². The maximum atomic E-state index is 12.5. The molecule has 1 N–H and O–H groups in total. The number of nitrogens with zero attached hydrogens (tertiary/aromatic N) is 3. The van der Waals surface area contributed by atoms with Gasteiger partial charge in [0.25, 0.3) is 6.01 Å². The fourth-order valence-electron chi connectivity index (χ4n) is 3.83. The number of amides is 1. The number of fused-ring (bicyclic) bond motifs is 1. The summed E-state index contributed by atoms with van der Waals surface area (Å²) < 4.78 is 11.3. The SMILES string of the molecule is O=C(NCCN1CCCOCC1)C1CCN(c2nc3ccccc3o2)CC1. The van der Waals surface area contributed by atoms with Crippen molar-refractivity contribution in [3.8, 4) is 0 Å². The van der Waals surface area contributed by atoms with Crippen LogP contribution in [-0.2, 0) is 9.53 Å². The number of aromatic nitrogens is 1. The lowest BCUT2D eigenvalue weighted by molar-refractivity contribution is -0.125. The summed E-state index contributed by atoms with van der Waals surface area (Å²) in [6.45, 7) is 6.87. The predicted molar refractivity (Wildman–Crippen MR) is 104 cm³/mol. The van der Waals surface area contributed by atoms with Crippen molar-refractivity contribution in [2.45, 2.75) is 19.3 Å². The van der Waals surface area contributed by atoms with Crippen molar-refractivity contribution < 1.29 is 13.9 Å². The number of carbonyl (C=O) groups is 1. The number of anilines is 1. The Labute approximate surface area is 159 Å². The lowest BCUT2D eigenvalue weighted by Crippen LogP contribution is -2.43. The minimum atomic E-state index is 0.0816. The van der Waals surface area contributed by atoms with E-state index in [4.69, 9.17) is 9.15 Å². The molecular weight excluding hydrogens is 344 g/mol. The first-order chi connectivity index (χ1) is 13.3. The first-order valence-corrected chi connectivity index (χ1v) is 9.98. The number of rotatable bonds is 5. The van der Waals surface area contributed by atoms with Crippen LogP contribution >= 0.6 is 0 Å². The smallest absolute Gasteiger partial charge is 0.298 e. The van der Waals surface area contributed by atoms with Gasteiger partial charge < -0.3 is 19.4 Å². The van der Waals surface area contributed by atoms with Gasteiger partial charge in [-0.15, -0.1) is 0 Å². The van der Waals surface area contributed by atoms with Gasteiger partial charge in [0.2, 0.25) is 5.91 Å². The third-order valence-corrected chi connectivity index (χ3v) is 5.46. The largest absolute Gasteiger partial charge is 0.423 e. The molecule has 4 rings (SSSR count). The maximum Gasteiger partial charge on any atom is 0.298 e. The molecule has 27 heavy (non-hydrogen) atoms. The summed E-state index contributed by atoms with van der Waals surface area (Å²) in [5.41, 5.74) is 1.69. The monoisotopic (exact) mass is 372 g/mol. The normalized spacial score (nSPS) is 19.9. The summed E-state index contributed by atoms with van der Waals surface area (Å²) in [4.78, 5) is 21.5. The molecule has 7 heteroatoms. The van der Waals surface area contributed by atoms with Gasteiger partial charge in [-0.3, -0.25) is 9.69 Å². The van der Waals surface area contributed by atoms with Crippen LogP contribution in [0.15, 0.2) is 28.7 Å². The molecule has 7 nitrogen and oxygen atoms in total. The number of para-hydroxylation sites is 2. The van der Waals surface area contributed by atoms with Crippen LogP contribution in [-0.4, -0.2) is 68.3 Å². The Morgan fingerprint density at radius 1 is 1.15 bits per heavy atom. The summed E-state index contributed by atoms with van der Waals surface area (Å²) in [5.74, 6) is 0.261. The fraction of sp³-hybridized carbons (Fsp3) is 0.600. The van der Waals surface area contributed by atoms with Crippen LogP contribution in [0, 0.1) is 5.92 Å². The van der Waals surface area contributed by atoms with Crippen LogP contribution in [0.1, 0.15) is 19.3 Å². The second kappa shape index (κ2) is 8.71. The number of oxazole rings is 1. The fourth-order valence-corrected chi connectivity index (χ4v) is 3.83. The number of ether oxygens (including phenoxy) is 1. The molecule has 2 aromatic rings. The summed E-state index contributed by atoms with van der Waals surface area (Å²) >= 11 is 0. The molecule has 0 saturated carbocycles. The Kier molecular flexibility index (Phi) is 5.89. The number of carbonyl (C=O) groups excluding carboxylic acids is 1. The number of nitrogens with one attached hydrogen (secondary N) is 1. The highest BCUT2D eigenvalue weighted by Gasteiger charge is 2.27. The minimum absolute atomic E-state index is 0.0816. The summed E-state index contributed by atoms with van der Waals surface area (Å²) in [5, 5.41) is 3.12. The van der Waals surface area contributed by atoms with E-state index in [1.807, 2.05) is 24.3 Å². The van der Waals surface area contributed by atoms with Gasteiger partial charge in [-0.1, -0.05) is 12.1 Å². The lowest BCUT2D eigenvalue weighted by Gasteiger charge is -2.30. The second-order valence-electron chi connectivity index (χ2n) is 7.32. The van der Waals surface area contributed by atoms with Gasteiger partial charge >= 0.3 is 0 Å². The number of hydrogen-bond donors (Lipinski definition) is 1. The van der Waals surface area contributed by atoms with E-state index in [-0.39, 0.29) is 11.8 Å². The van der Waals surface area contributed by atoms with Gasteiger partial charge in [0.15, 0.2) is 5.58 Å². The zero-order valence-electron chi connectivity index (χ0n) is 15.7. The van der Waals surface area contributed by atoms with E-state index in [2.05, 4.69) is 20.1 Å². The molecule has 0 aliphatic carbocycles. The van der Waals surface area contributed by atoms with E-state index < -0.39 is 0 Å². The Morgan fingerprint density at radius 3 is 2.85 bits per heavy atom. The van der Waals surface area contributed by atoms with Gasteiger partial charge in [0.1, 0.15) is 5.52 Å². The standard InChI is InChI=1S/C20H28N4O3/c25-19(21-8-12-23-9-3-14-26-15-13-23)16-6-10-24(11-7-16)20-22-17-4-1-2-5-18(17)27-20/h1-2,4-5,16H,3,6-15H2,(H,21,25). The van der Waals surface area contributed by atoms with E-state index >= 15 is 0 Å². The summed E-state index contributed by atoms with van der Waals surface area (Å²) in [6, 6.07) is 8.47. The third kappa shape index (κ3) is 4.59. The van der Waals surface area contributed by atoms with Crippen LogP contribution in [0.4, 0.5) is 6.01 Å². The Hall–Kier alpha value is -2.12. The van der Waals surface area contributed by atoms with Crippen LogP contribution in [0.25, 0.3) is 11.1 Å². The average Bonchev–Trinajstić information content (AvgIpc) is 2.97. The Morgan fingerprint density at radius 2 is 2.00 bits per heavy atom. The van der Waals surface area contributed by atoms with Gasteiger partial charge in [-0.05, 0) is 31.4 Å². The molecule has 1 amide bonds. The van der Waals surface area contributed by atoms with Crippen LogP contribution < -0.4 is 10.2 Å². The number of piperidine rings is 1. The van der Waals surface area contributed by atoms with Crippen molar-refractivity contribution in [3.63, 3.8) is 0 Å². The van der Waals surface area contributed by atoms with Crippen molar-refractivity contribution >= 4 is 23.0 Å². The first-order valence-electron chi connectivity index (χ1n) is 9.98. The van der Waals surface area contributed by atoms with Gasteiger partial charge in [-0.25, -0.2) is 0 Å². The average molecular weight is 372 g/mol. The van der Waals surface area contributed by atoms with Gasteiger partial charge in [-0.2, -0.15) is 4.98 Å². The molecule has 1 aromatic heterocycles. The molecule has 2 saturated heterocycles. The predicted octanol–water partition coefficient (Wildman–Crippen LogP) is 1.88. The van der Waals surface area contributed by atoms with Crippen LogP contribution in [0.2, 0.25) is 0 Å². The van der Waals surface area contributed by atoms with Crippen molar-refractivity contribution in [2.75, 3.05) is 57.4 Å². The molecule has 0 spiro atoms. The third-order valence-electron chi connectivity index (χ3n) is 5.46. The molecule has 0 radical (unpaired) electrons. The van der Waals surface area contributed by atoms with Crippen molar-refractivity contribution in [3.05, 3.63) is 24.3 Å². The lowest BCUT2D eigenvalue weighted by atomic mass is 9.96. The first kappa shape index (κ1) is 18.3. The summed E-state index contributed by atoms with van der Waals surface area (Å²) in [6.07, 6.45) is 2.74. The Bertz CT molecular complexity index is 714. The molecule has 3 heterocycles. The molecule has 146 valence electrons. The topological polar surface area (TPSA) is 70.8 Å². The molecule has 2 aliphatic heterocycles. The van der Waals surface area contributed by atoms with E-state index in [1.165, 1.54) is 0 Å².